The van der Waals surface area contributed by atoms with Crippen LogP contribution in [0, 0.1) is 12.8 Å². The van der Waals surface area contributed by atoms with Gasteiger partial charge in [0.25, 0.3) is 5.91 Å². The van der Waals surface area contributed by atoms with Gasteiger partial charge in [-0.05, 0) is 49.9 Å². The highest BCUT2D eigenvalue weighted by Crippen LogP contribution is 2.31. The summed E-state index contributed by atoms with van der Waals surface area (Å²) in [4.78, 5) is 14.8. The molecule has 0 radical (unpaired) electrons. The van der Waals surface area contributed by atoms with E-state index in [-0.39, 0.29) is 24.0 Å². The zero-order valence-electron chi connectivity index (χ0n) is 12.8. The number of nitrogens with zero attached hydrogens (tertiary/aromatic N) is 1. The van der Waals surface area contributed by atoms with Crippen LogP contribution < -0.4 is 0 Å². The van der Waals surface area contributed by atoms with Crippen molar-refractivity contribution < 1.29 is 14.6 Å². The molecule has 1 aromatic rings. The Hall–Kier alpha value is -1.10. The first-order chi connectivity index (χ1) is 10.6. The molecule has 0 aromatic heterocycles. The number of halogens is 1. The molecule has 2 aliphatic rings. The van der Waals surface area contributed by atoms with Gasteiger partial charge in [-0.15, -0.1) is 0 Å². The fourth-order valence-corrected chi connectivity index (χ4v) is 3.85. The number of aliphatic hydroxyl groups is 1. The fraction of sp³-hybridized carbons (Fsp3) is 0.588. The molecule has 0 saturated carbocycles. The van der Waals surface area contributed by atoms with E-state index in [1.165, 1.54) is 0 Å². The molecule has 2 fully saturated rings. The van der Waals surface area contributed by atoms with Crippen LogP contribution in [0.1, 0.15) is 35.2 Å². The molecule has 1 N–H and O–H groups in total. The Bertz CT molecular complexity index is 563. The Morgan fingerprint density at radius 1 is 1.41 bits per heavy atom. The maximum atomic E-state index is 12.9. The third-order valence-electron chi connectivity index (χ3n) is 4.84. The number of amides is 1. The molecule has 2 saturated heterocycles. The summed E-state index contributed by atoms with van der Waals surface area (Å²) in [5.41, 5.74) is 1.59. The highest BCUT2D eigenvalue weighted by Gasteiger charge is 2.40. The van der Waals surface area contributed by atoms with Crippen LogP contribution in [0.25, 0.3) is 0 Å². The lowest BCUT2D eigenvalue weighted by Crippen LogP contribution is -2.48. The van der Waals surface area contributed by atoms with E-state index in [4.69, 9.17) is 16.3 Å². The minimum absolute atomic E-state index is 0.0211. The van der Waals surface area contributed by atoms with Gasteiger partial charge in [0.05, 0.1) is 12.7 Å². The van der Waals surface area contributed by atoms with Crippen LogP contribution in [0.5, 0.6) is 0 Å². The summed E-state index contributed by atoms with van der Waals surface area (Å²) in [5.74, 6) is 0.0576. The van der Waals surface area contributed by atoms with Crippen molar-refractivity contribution in [3.05, 3.63) is 34.3 Å². The molecule has 2 aliphatic heterocycles. The molecule has 1 amide bonds. The van der Waals surface area contributed by atoms with E-state index in [2.05, 4.69) is 0 Å². The standard InChI is InChI=1S/C17H22ClNO3/c1-11-9-12(18)4-5-13(11)17(21)19-7-2-3-15(19)14-10-22-8-6-16(14)20/h4-5,9,14-16,20H,2-3,6-8,10H2,1H3/t14-,15+,16-/m0/s1. The average molecular weight is 324 g/mol. The third-order valence-corrected chi connectivity index (χ3v) is 5.07. The summed E-state index contributed by atoms with van der Waals surface area (Å²) in [6.45, 7) is 3.79. The van der Waals surface area contributed by atoms with Gasteiger partial charge in [-0.2, -0.15) is 0 Å². The van der Waals surface area contributed by atoms with Crippen LogP contribution in [-0.2, 0) is 4.74 Å². The molecule has 3 rings (SSSR count). The van der Waals surface area contributed by atoms with Gasteiger partial charge in [0.2, 0.25) is 0 Å². The van der Waals surface area contributed by atoms with Gasteiger partial charge < -0.3 is 14.7 Å². The molecular weight excluding hydrogens is 302 g/mol. The van der Waals surface area contributed by atoms with Crippen molar-refractivity contribution in [1.29, 1.82) is 0 Å². The van der Waals surface area contributed by atoms with Crippen molar-refractivity contribution in [1.82, 2.24) is 4.90 Å². The number of hydrogen-bond donors (Lipinski definition) is 1. The predicted molar refractivity (Wildman–Crippen MR) is 85.2 cm³/mol. The van der Waals surface area contributed by atoms with Crippen molar-refractivity contribution in [2.24, 2.45) is 5.92 Å². The van der Waals surface area contributed by atoms with Crippen molar-refractivity contribution in [2.45, 2.75) is 38.3 Å². The van der Waals surface area contributed by atoms with Crippen molar-refractivity contribution >= 4 is 17.5 Å². The Morgan fingerprint density at radius 3 is 2.95 bits per heavy atom. The number of carbonyl (C=O) groups is 1. The Morgan fingerprint density at radius 2 is 2.23 bits per heavy atom. The van der Waals surface area contributed by atoms with E-state index in [1.807, 2.05) is 17.9 Å². The monoisotopic (exact) mass is 323 g/mol. The first-order valence-corrected chi connectivity index (χ1v) is 8.28. The smallest absolute Gasteiger partial charge is 0.254 e. The number of hydrogen-bond acceptors (Lipinski definition) is 3. The largest absolute Gasteiger partial charge is 0.393 e. The summed E-state index contributed by atoms with van der Waals surface area (Å²) in [5, 5.41) is 10.9. The van der Waals surface area contributed by atoms with Gasteiger partial charge in [0, 0.05) is 35.7 Å². The van der Waals surface area contributed by atoms with E-state index in [0.717, 1.165) is 24.9 Å². The molecule has 0 unspecified atom stereocenters. The Labute approximate surface area is 136 Å². The highest BCUT2D eigenvalue weighted by atomic mass is 35.5. The second-order valence-electron chi connectivity index (χ2n) is 6.26. The number of ether oxygens (including phenoxy) is 1. The molecular formula is C17H22ClNO3. The molecule has 5 heteroatoms. The number of carbonyl (C=O) groups excluding carboxylic acids is 1. The van der Waals surface area contributed by atoms with Crippen LogP contribution in [-0.4, -0.2) is 47.8 Å². The minimum Gasteiger partial charge on any atom is -0.393 e. The number of aliphatic hydroxyl groups excluding tert-OH is 1. The molecule has 4 nitrogen and oxygen atoms in total. The summed E-state index contributed by atoms with van der Waals surface area (Å²) in [6.07, 6.45) is 2.19. The number of rotatable bonds is 2. The topological polar surface area (TPSA) is 49.8 Å². The van der Waals surface area contributed by atoms with Crippen LogP contribution in [0.4, 0.5) is 0 Å². The lowest BCUT2D eigenvalue weighted by atomic mass is 9.89. The highest BCUT2D eigenvalue weighted by molar-refractivity contribution is 6.30. The van der Waals surface area contributed by atoms with E-state index < -0.39 is 0 Å². The van der Waals surface area contributed by atoms with Gasteiger partial charge >= 0.3 is 0 Å². The Balaban J connectivity index is 1.81. The summed E-state index contributed by atoms with van der Waals surface area (Å²) < 4.78 is 5.52. The second kappa shape index (κ2) is 6.57. The van der Waals surface area contributed by atoms with Crippen molar-refractivity contribution in [2.75, 3.05) is 19.8 Å². The van der Waals surface area contributed by atoms with E-state index >= 15 is 0 Å². The zero-order chi connectivity index (χ0) is 15.7. The number of benzene rings is 1. The van der Waals surface area contributed by atoms with E-state index in [1.54, 1.807) is 12.1 Å². The van der Waals surface area contributed by atoms with Crippen LogP contribution in [0.2, 0.25) is 5.02 Å². The zero-order valence-corrected chi connectivity index (χ0v) is 13.6. The summed E-state index contributed by atoms with van der Waals surface area (Å²) in [6, 6.07) is 5.44. The van der Waals surface area contributed by atoms with Gasteiger partial charge in [-0.25, -0.2) is 0 Å². The lowest BCUT2D eigenvalue weighted by molar-refractivity contribution is -0.0589. The summed E-state index contributed by atoms with van der Waals surface area (Å²) in [7, 11) is 0. The molecule has 0 spiro atoms. The normalized spacial score (nSPS) is 28.9. The van der Waals surface area contributed by atoms with E-state index in [0.29, 0.717) is 30.2 Å². The molecule has 22 heavy (non-hydrogen) atoms. The van der Waals surface area contributed by atoms with Crippen molar-refractivity contribution in [3.8, 4) is 0 Å². The molecule has 120 valence electrons. The maximum absolute atomic E-state index is 12.9. The van der Waals surface area contributed by atoms with Gasteiger partial charge in [-0.1, -0.05) is 11.6 Å². The number of aryl methyl sites for hydroxylation is 1. The van der Waals surface area contributed by atoms with E-state index in [9.17, 15) is 9.90 Å². The molecule has 0 aliphatic carbocycles. The van der Waals surface area contributed by atoms with Crippen LogP contribution in [0.3, 0.4) is 0 Å². The number of likely N-dealkylation sites (tertiary alicyclic amines) is 1. The third kappa shape index (κ3) is 3.00. The SMILES string of the molecule is Cc1cc(Cl)ccc1C(=O)N1CCC[C@@H]1[C@@H]1COCC[C@@H]1O. The van der Waals surface area contributed by atoms with Gasteiger partial charge in [0.15, 0.2) is 0 Å². The molecule has 2 heterocycles. The Kier molecular flexibility index (Phi) is 4.71. The molecule has 3 atom stereocenters. The minimum atomic E-state index is -0.376. The van der Waals surface area contributed by atoms with Gasteiger partial charge in [-0.3, -0.25) is 4.79 Å². The quantitative estimate of drug-likeness (QED) is 0.910. The van der Waals surface area contributed by atoms with Crippen molar-refractivity contribution in [3.63, 3.8) is 0 Å². The first-order valence-electron chi connectivity index (χ1n) is 7.91. The molecule has 1 aromatic carbocycles. The maximum Gasteiger partial charge on any atom is 0.254 e. The summed E-state index contributed by atoms with van der Waals surface area (Å²) >= 11 is 5.98. The average Bonchev–Trinajstić information content (AvgIpc) is 2.96. The van der Waals surface area contributed by atoms with Gasteiger partial charge in [0.1, 0.15) is 0 Å². The fourth-order valence-electron chi connectivity index (χ4n) is 3.63. The lowest BCUT2D eigenvalue weighted by Gasteiger charge is -2.37. The first kappa shape index (κ1) is 15.8. The molecule has 0 bridgehead atoms. The predicted octanol–water partition coefficient (Wildman–Crippen LogP) is 2.65. The van der Waals surface area contributed by atoms with Crippen LogP contribution >= 0.6 is 11.6 Å². The van der Waals surface area contributed by atoms with Crippen LogP contribution in [0.15, 0.2) is 18.2 Å². The second-order valence-corrected chi connectivity index (χ2v) is 6.70.